The molecule has 3 nitrogen and oxygen atoms in total. The minimum atomic E-state index is 0.102. The Morgan fingerprint density at radius 2 is 2.17 bits per heavy atom. The summed E-state index contributed by atoms with van der Waals surface area (Å²) in [5.41, 5.74) is 2.95. The lowest BCUT2D eigenvalue weighted by Crippen LogP contribution is -2.43. The van der Waals surface area contributed by atoms with Gasteiger partial charge in [0.15, 0.2) is 0 Å². The molecule has 0 aromatic heterocycles. The third kappa shape index (κ3) is 2.12. The van der Waals surface area contributed by atoms with Crippen molar-refractivity contribution in [2.24, 2.45) is 5.92 Å². The van der Waals surface area contributed by atoms with E-state index < -0.39 is 0 Å². The van der Waals surface area contributed by atoms with Gasteiger partial charge in [-0.2, -0.15) is 0 Å². The van der Waals surface area contributed by atoms with E-state index in [1.807, 2.05) is 0 Å². The van der Waals surface area contributed by atoms with E-state index in [-0.39, 0.29) is 11.9 Å². The highest BCUT2D eigenvalue weighted by Crippen LogP contribution is 2.35. The molecule has 18 heavy (non-hydrogen) atoms. The van der Waals surface area contributed by atoms with Crippen LogP contribution in [0.2, 0.25) is 0 Å². The average Bonchev–Trinajstić information content (AvgIpc) is 2.71. The summed E-state index contributed by atoms with van der Waals surface area (Å²) < 4.78 is 0. The van der Waals surface area contributed by atoms with Crippen LogP contribution >= 0.6 is 0 Å². The van der Waals surface area contributed by atoms with Crippen molar-refractivity contribution in [2.75, 3.05) is 19.6 Å². The van der Waals surface area contributed by atoms with Gasteiger partial charge in [-0.15, -0.1) is 0 Å². The molecule has 0 radical (unpaired) electrons. The van der Waals surface area contributed by atoms with Crippen LogP contribution in [0.3, 0.4) is 0 Å². The van der Waals surface area contributed by atoms with E-state index in [0.717, 1.165) is 45.3 Å². The summed E-state index contributed by atoms with van der Waals surface area (Å²) in [6, 6.07) is 0.102. The van der Waals surface area contributed by atoms with Crippen molar-refractivity contribution >= 4 is 5.91 Å². The molecule has 3 heteroatoms. The van der Waals surface area contributed by atoms with Crippen LogP contribution < -0.4 is 5.32 Å². The van der Waals surface area contributed by atoms with Gasteiger partial charge in [-0.05, 0) is 39.2 Å². The van der Waals surface area contributed by atoms with Gasteiger partial charge in [0.05, 0.1) is 6.04 Å². The molecular formula is C15H22N2O. The number of fused-ring (bicyclic) bond motifs is 1. The summed E-state index contributed by atoms with van der Waals surface area (Å²) in [5, 5.41) is 3.07. The van der Waals surface area contributed by atoms with Gasteiger partial charge >= 0.3 is 0 Å². The lowest BCUT2D eigenvalue weighted by atomic mass is 9.84. The van der Waals surface area contributed by atoms with Crippen molar-refractivity contribution in [3.8, 4) is 0 Å². The first kappa shape index (κ1) is 12.0. The lowest BCUT2D eigenvalue weighted by Gasteiger charge is -2.27. The van der Waals surface area contributed by atoms with Crippen LogP contribution in [0.15, 0.2) is 23.3 Å². The fourth-order valence-electron chi connectivity index (χ4n) is 3.51. The molecule has 0 saturated carbocycles. The van der Waals surface area contributed by atoms with E-state index in [1.165, 1.54) is 11.1 Å². The molecule has 0 bridgehead atoms. The highest BCUT2D eigenvalue weighted by Gasteiger charge is 2.41. The summed E-state index contributed by atoms with van der Waals surface area (Å²) in [4.78, 5) is 14.6. The first-order chi connectivity index (χ1) is 8.75. The first-order valence-corrected chi connectivity index (χ1v) is 7.14. The maximum Gasteiger partial charge on any atom is 0.237 e. The van der Waals surface area contributed by atoms with Crippen LogP contribution in [0.5, 0.6) is 0 Å². The molecule has 0 aromatic carbocycles. The number of rotatable bonds is 1. The van der Waals surface area contributed by atoms with Crippen LogP contribution in [0.1, 0.15) is 32.6 Å². The molecule has 1 N–H and O–H groups in total. The number of carbonyl (C=O) groups is 1. The van der Waals surface area contributed by atoms with Crippen molar-refractivity contribution in [3.63, 3.8) is 0 Å². The lowest BCUT2D eigenvalue weighted by molar-refractivity contribution is -0.125. The van der Waals surface area contributed by atoms with Crippen molar-refractivity contribution in [2.45, 2.75) is 38.6 Å². The average molecular weight is 246 g/mol. The highest BCUT2D eigenvalue weighted by atomic mass is 16.2. The molecule has 2 aliphatic heterocycles. The summed E-state index contributed by atoms with van der Waals surface area (Å²) in [6.07, 6.45) is 9.05. The molecule has 98 valence electrons. The Morgan fingerprint density at radius 3 is 2.94 bits per heavy atom. The van der Waals surface area contributed by atoms with E-state index in [1.54, 1.807) is 0 Å². The van der Waals surface area contributed by atoms with Gasteiger partial charge in [0.25, 0.3) is 0 Å². The number of amides is 1. The van der Waals surface area contributed by atoms with E-state index in [4.69, 9.17) is 0 Å². The fraction of sp³-hybridized carbons (Fsp3) is 0.667. The minimum Gasteiger partial charge on any atom is -0.355 e. The normalized spacial score (nSPS) is 33.3. The number of hydrogen-bond acceptors (Lipinski definition) is 2. The summed E-state index contributed by atoms with van der Waals surface area (Å²) in [5.74, 6) is 0.703. The smallest absolute Gasteiger partial charge is 0.237 e. The largest absolute Gasteiger partial charge is 0.355 e. The molecule has 3 aliphatic rings. The Kier molecular flexibility index (Phi) is 3.25. The molecule has 1 aliphatic carbocycles. The second-order valence-electron chi connectivity index (χ2n) is 5.78. The van der Waals surface area contributed by atoms with E-state index in [9.17, 15) is 4.79 Å². The van der Waals surface area contributed by atoms with E-state index >= 15 is 0 Å². The van der Waals surface area contributed by atoms with Crippen LogP contribution in [0.4, 0.5) is 0 Å². The summed E-state index contributed by atoms with van der Waals surface area (Å²) in [6.45, 7) is 5.19. The van der Waals surface area contributed by atoms with Gasteiger partial charge in [-0.25, -0.2) is 0 Å². The van der Waals surface area contributed by atoms with Gasteiger partial charge in [0, 0.05) is 19.0 Å². The third-order valence-electron chi connectivity index (χ3n) is 4.56. The molecule has 0 aromatic rings. The summed E-state index contributed by atoms with van der Waals surface area (Å²) >= 11 is 0. The summed E-state index contributed by atoms with van der Waals surface area (Å²) in [7, 11) is 0. The van der Waals surface area contributed by atoms with Gasteiger partial charge in [0.2, 0.25) is 5.91 Å². The molecule has 1 amide bonds. The SMILES string of the molecule is CC1=CC=C([C@H]2CCN3CCCNC(=O)[C@@H]23)CC1. The Bertz CT molecular complexity index is 411. The highest BCUT2D eigenvalue weighted by molar-refractivity contribution is 5.83. The van der Waals surface area contributed by atoms with Crippen molar-refractivity contribution < 1.29 is 4.79 Å². The standard InChI is InChI=1S/C15H22N2O/c1-11-3-5-12(6-4-11)13-7-10-17-9-2-8-16-15(18)14(13)17/h3,5,13-14H,2,4,6-10H2,1H3,(H,16,18)/t13-,14-/m1/s1. The van der Waals surface area contributed by atoms with Crippen LogP contribution in [-0.2, 0) is 4.79 Å². The molecule has 0 unspecified atom stereocenters. The van der Waals surface area contributed by atoms with Gasteiger partial charge in [-0.3, -0.25) is 9.69 Å². The van der Waals surface area contributed by atoms with Crippen molar-refractivity contribution in [1.29, 1.82) is 0 Å². The zero-order valence-corrected chi connectivity index (χ0v) is 11.1. The number of carbonyl (C=O) groups excluding carboxylic acids is 1. The van der Waals surface area contributed by atoms with Gasteiger partial charge < -0.3 is 5.32 Å². The maximum absolute atomic E-state index is 12.2. The van der Waals surface area contributed by atoms with Crippen LogP contribution in [-0.4, -0.2) is 36.5 Å². The maximum atomic E-state index is 12.2. The molecule has 3 rings (SSSR count). The number of nitrogens with one attached hydrogen (secondary N) is 1. The Balaban J connectivity index is 1.82. The Morgan fingerprint density at radius 1 is 1.28 bits per heavy atom. The quantitative estimate of drug-likeness (QED) is 0.766. The van der Waals surface area contributed by atoms with Gasteiger partial charge in [-0.1, -0.05) is 23.3 Å². The van der Waals surface area contributed by atoms with Crippen LogP contribution in [0, 0.1) is 5.92 Å². The van der Waals surface area contributed by atoms with Crippen molar-refractivity contribution in [3.05, 3.63) is 23.3 Å². The first-order valence-electron chi connectivity index (χ1n) is 7.14. The minimum absolute atomic E-state index is 0.102. The molecule has 0 spiro atoms. The van der Waals surface area contributed by atoms with E-state index in [2.05, 4.69) is 29.3 Å². The predicted molar refractivity (Wildman–Crippen MR) is 72.2 cm³/mol. The molecule has 2 fully saturated rings. The third-order valence-corrected chi connectivity index (χ3v) is 4.56. The second kappa shape index (κ2) is 4.88. The second-order valence-corrected chi connectivity index (χ2v) is 5.78. The van der Waals surface area contributed by atoms with Crippen molar-refractivity contribution in [1.82, 2.24) is 10.2 Å². The zero-order valence-electron chi connectivity index (χ0n) is 11.1. The topological polar surface area (TPSA) is 32.3 Å². The Hall–Kier alpha value is -1.09. The van der Waals surface area contributed by atoms with E-state index in [0.29, 0.717) is 5.92 Å². The molecule has 2 atom stereocenters. The zero-order chi connectivity index (χ0) is 12.5. The van der Waals surface area contributed by atoms with Crippen LogP contribution in [0.25, 0.3) is 0 Å². The molecule has 2 saturated heterocycles. The monoisotopic (exact) mass is 246 g/mol. The predicted octanol–water partition coefficient (Wildman–Crippen LogP) is 1.86. The molecule has 2 heterocycles. The number of allylic oxidation sites excluding steroid dienone is 3. The number of hydrogen-bond donors (Lipinski definition) is 1. The number of nitrogens with zero attached hydrogens (tertiary/aromatic N) is 1. The van der Waals surface area contributed by atoms with Gasteiger partial charge in [0.1, 0.15) is 0 Å². The molecular weight excluding hydrogens is 224 g/mol. The Labute approximate surface area is 109 Å². The fourth-order valence-corrected chi connectivity index (χ4v) is 3.51.